The predicted octanol–water partition coefficient (Wildman–Crippen LogP) is 2.68. The van der Waals surface area contributed by atoms with E-state index in [0.29, 0.717) is 13.1 Å². The van der Waals surface area contributed by atoms with Crippen LogP contribution in [-0.4, -0.2) is 28.1 Å². The summed E-state index contributed by atoms with van der Waals surface area (Å²) in [5, 5.41) is 0. The van der Waals surface area contributed by atoms with Crippen LogP contribution in [0, 0.1) is 6.92 Å². The highest BCUT2D eigenvalue weighted by Crippen LogP contribution is 2.19. The van der Waals surface area contributed by atoms with Gasteiger partial charge in [0.2, 0.25) is 0 Å². The third kappa shape index (κ3) is 3.00. The first kappa shape index (κ1) is 12.9. The first-order chi connectivity index (χ1) is 8.35. The second-order valence-electron chi connectivity index (χ2n) is 5.71. The molecule has 2 heterocycles. The SMILES string of the molecule is Cc1ccc2c(n1)CN(C(=O)OC(C)(C)C)CC2. The molecule has 98 valence electrons. The lowest BCUT2D eigenvalue weighted by Gasteiger charge is -2.30. The summed E-state index contributed by atoms with van der Waals surface area (Å²) in [6, 6.07) is 4.12. The summed E-state index contributed by atoms with van der Waals surface area (Å²) in [7, 11) is 0. The van der Waals surface area contributed by atoms with Gasteiger partial charge in [-0.1, -0.05) is 6.07 Å². The highest BCUT2D eigenvalue weighted by molar-refractivity contribution is 5.68. The largest absolute Gasteiger partial charge is 0.444 e. The third-order valence-electron chi connectivity index (χ3n) is 2.85. The Morgan fingerprint density at radius 3 is 2.78 bits per heavy atom. The molecule has 18 heavy (non-hydrogen) atoms. The minimum absolute atomic E-state index is 0.253. The minimum atomic E-state index is -0.447. The van der Waals surface area contributed by atoms with E-state index in [9.17, 15) is 4.79 Å². The Morgan fingerprint density at radius 2 is 2.11 bits per heavy atom. The number of hydrogen-bond donors (Lipinski definition) is 0. The molecule has 0 aromatic carbocycles. The van der Waals surface area contributed by atoms with E-state index in [1.165, 1.54) is 5.56 Å². The molecule has 0 N–H and O–H groups in total. The van der Waals surface area contributed by atoms with Crippen molar-refractivity contribution >= 4 is 6.09 Å². The van der Waals surface area contributed by atoms with Gasteiger partial charge in [-0.3, -0.25) is 4.98 Å². The average Bonchev–Trinajstić information content (AvgIpc) is 2.25. The number of fused-ring (bicyclic) bond motifs is 1. The lowest BCUT2D eigenvalue weighted by atomic mass is 10.1. The summed E-state index contributed by atoms with van der Waals surface area (Å²) < 4.78 is 5.38. The van der Waals surface area contributed by atoms with Gasteiger partial charge < -0.3 is 9.64 Å². The van der Waals surface area contributed by atoms with Crippen molar-refractivity contribution in [3.8, 4) is 0 Å². The molecule has 4 nitrogen and oxygen atoms in total. The summed E-state index contributed by atoms with van der Waals surface area (Å²) in [5.74, 6) is 0. The van der Waals surface area contributed by atoms with Gasteiger partial charge in [0.15, 0.2) is 0 Å². The molecule has 0 fully saturated rings. The Hall–Kier alpha value is -1.58. The summed E-state index contributed by atoms with van der Waals surface area (Å²) in [6.07, 6.45) is 0.596. The molecule has 1 aromatic rings. The van der Waals surface area contributed by atoms with E-state index in [2.05, 4.69) is 11.1 Å². The molecule has 1 aromatic heterocycles. The van der Waals surface area contributed by atoms with Crippen LogP contribution in [0.1, 0.15) is 37.7 Å². The molecule has 0 bridgehead atoms. The van der Waals surface area contributed by atoms with Crippen molar-refractivity contribution < 1.29 is 9.53 Å². The predicted molar refractivity (Wildman–Crippen MR) is 69.3 cm³/mol. The topological polar surface area (TPSA) is 42.4 Å². The Kier molecular flexibility index (Phi) is 3.28. The monoisotopic (exact) mass is 248 g/mol. The third-order valence-corrected chi connectivity index (χ3v) is 2.85. The number of aryl methyl sites for hydroxylation is 1. The highest BCUT2D eigenvalue weighted by atomic mass is 16.6. The number of nitrogens with zero attached hydrogens (tertiary/aromatic N) is 2. The molecule has 0 atom stereocenters. The summed E-state index contributed by atoms with van der Waals surface area (Å²) in [5.41, 5.74) is 2.77. The number of carbonyl (C=O) groups is 1. The van der Waals surface area contributed by atoms with Crippen molar-refractivity contribution in [2.24, 2.45) is 0 Å². The average molecular weight is 248 g/mol. The van der Waals surface area contributed by atoms with Crippen LogP contribution in [0.4, 0.5) is 4.79 Å². The quantitative estimate of drug-likeness (QED) is 0.709. The Labute approximate surface area is 108 Å². The smallest absolute Gasteiger partial charge is 0.410 e. The second kappa shape index (κ2) is 4.59. The molecule has 0 spiro atoms. The first-order valence-electron chi connectivity index (χ1n) is 6.28. The van der Waals surface area contributed by atoms with Gasteiger partial charge in [-0.25, -0.2) is 4.79 Å². The normalized spacial score (nSPS) is 15.2. The molecule has 1 amide bonds. The Morgan fingerprint density at radius 1 is 1.39 bits per heavy atom. The maximum atomic E-state index is 12.0. The van der Waals surface area contributed by atoms with Crippen molar-refractivity contribution in [3.05, 3.63) is 29.1 Å². The number of carbonyl (C=O) groups excluding carboxylic acids is 1. The van der Waals surface area contributed by atoms with Gasteiger partial charge in [0.25, 0.3) is 0 Å². The molecule has 0 unspecified atom stereocenters. The van der Waals surface area contributed by atoms with Gasteiger partial charge in [-0.15, -0.1) is 0 Å². The van der Waals surface area contributed by atoms with E-state index in [1.54, 1.807) is 4.90 Å². The van der Waals surface area contributed by atoms with Crippen molar-refractivity contribution in [2.45, 2.75) is 46.3 Å². The fourth-order valence-electron chi connectivity index (χ4n) is 2.00. The van der Waals surface area contributed by atoms with Crippen LogP contribution in [0.2, 0.25) is 0 Å². The summed E-state index contributed by atoms with van der Waals surface area (Å²) >= 11 is 0. The number of amides is 1. The van der Waals surface area contributed by atoms with E-state index in [1.807, 2.05) is 33.8 Å². The van der Waals surface area contributed by atoms with Gasteiger partial charge >= 0.3 is 6.09 Å². The maximum Gasteiger partial charge on any atom is 0.410 e. The Balaban J connectivity index is 2.09. The van der Waals surface area contributed by atoms with Crippen LogP contribution in [-0.2, 0) is 17.7 Å². The highest BCUT2D eigenvalue weighted by Gasteiger charge is 2.26. The first-order valence-corrected chi connectivity index (χ1v) is 6.28. The zero-order valence-electron chi connectivity index (χ0n) is 11.5. The Bertz CT molecular complexity index is 463. The zero-order chi connectivity index (χ0) is 13.3. The van der Waals surface area contributed by atoms with Crippen molar-refractivity contribution in [3.63, 3.8) is 0 Å². The lowest BCUT2D eigenvalue weighted by molar-refractivity contribution is 0.0221. The van der Waals surface area contributed by atoms with Crippen LogP contribution >= 0.6 is 0 Å². The van der Waals surface area contributed by atoms with Gasteiger partial charge in [0.05, 0.1) is 12.2 Å². The van der Waals surface area contributed by atoms with Gasteiger partial charge in [-0.05, 0) is 45.7 Å². The molecule has 2 rings (SSSR count). The molecular formula is C14H20N2O2. The molecule has 0 saturated heterocycles. The summed E-state index contributed by atoms with van der Waals surface area (Å²) in [6.45, 7) is 8.85. The number of aromatic nitrogens is 1. The van der Waals surface area contributed by atoms with Crippen LogP contribution in [0.5, 0.6) is 0 Å². The molecule has 1 aliphatic heterocycles. The fraction of sp³-hybridized carbons (Fsp3) is 0.571. The minimum Gasteiger partial charge on any atom is -0.444 e. The van der Waals surface area contributed by atoms with Crippen LogP contribution < -0.4 is 0 Å². The van der Waals surface area contributed by atoms with E-state index in [4.69, 9.17) is 4.74 Å². The fourth-order valence-corrected chi connectivity index (χ4v) is 2.00. The van der Waals surface area contributed by atoms with Gasteiger partial charge in [0.1, 0.15) is 5.60 Å². The molecule has 0 radical (unpaired) electrons. The lowest BCUT2D eigenvalue weighted by Crippen LogP contribution is -2.40. The molecule has 0 saturated carbocycles. The maximum absolute atomic E-state index is 12.0. The zero-order valence-corrected chi connectivity index (χ0v) is 11.5. The number of hydrogen-bond acceptors (Lipinski definition) is 3. The summed E-state index contributed by atoms with van der Waals surface area (Å²) in [4.78, 5) is 18.2. The van der Waals surface area contributed by atoms with Crippen molar-refractivity contribution in [1.82, 2.24) is 9.88 Å². The molecule has 0 aliphatic carbocycles. The number of rotatable bonds is 0. The van der Waals surface area contributed by atoms with Crippen LogP contribution in [0.3, 0.4) is 0 Å². The molecule has 1 aliphatic rings. The van der Waals surface area contributed by atoms with Gasteiger partial charge in [0, 0.05) is 12.2 Å². The van der Waals surface area contributed by atoms with Crippen LogP contribution in [0.15, 0.2) is 12.1 Å². The van der Waals surface area contributed by atoms with Crippen molar-refractivity contribution in [1.29, 1.82) is 0 Å². The van der Waals surface area contributed by atoms with E-state index >= 15 is 0 Å². The second-order valence-corrected chi connectivity index (χ2v) is 5.71. The van der Waals surface area contributed by atoms with Crippen LogP contribution in [0.25, 0.3) is 0 Å². The van der Waals surface area contributed by atoms with Crippen molar-refractivity contribution in [2.75, 3.05) is 6.54 Å². The van der Waals surface area contributed by atoms with E-state index in [0.717, 1.165) is 17.8 Å². The van der Waals surface area contributed by atoms with E-state index in [-0.39, 0.29) is 6.09 Å². The van der Waals surface area contributed by atoms with E-state index < -0.39 is 5.60 Å². The molecule has 4 heteroatoms. The number of ether oxygens (including phenoxy) is 1. The number of pyridine rings is 1. The molecular weight excluding hydrogens is 228 g/mol. The standard InChI is InChI=1S/C14H20N2O2/c1-10-5-6-11-7-8-16(9-12(11)15-10)13(17)18-14(2,3)4/h5-6H,7-9H2,1-4H3. The van der Waals surface area contributed by atoms with Gasteiger partial charge in [-0.2, -0.15) is 0 Å².